The number of hydrogen-bond acceptors (Lipinski definition) is 5. The number of aliphatic hydroxyl groups is 1. The molecule has 1 heterocycles. The van der Waals surface area contributed by atoms with Crippen molar-refractivity contribution in [2.45, 2.75) is 38.9 Å². The van der Waals surface area contributed by atoms with Gasteiger partial charge in [-0.15, -0.1) is 0 Å². The first-order valence-corrected chi connectivity index (χ1v) is 6.80. The normalized spacial score (nSPS) is 12.5. The van der Waals surface area contributed by atoms with Gasteiger partial charge in [0.15, 0.2) is 0 Å². The summed E-state index contributed by atoms with van der Waals surface area (Å²) in [5, 5.41) is 20.2. The van der Waals surface area contributed by atoms with Crippen LogP contribution in [0.2, 0.25) is 0 Å². The van der Waals surface area contributed by atoms with Gasteiger partial charge in [-0.25, -0.2) is 4.98 Å². The van der Waals surface area contributed by atoms with Gasteiger partial charge >= 0.3 is 7.12 Å². The average Bonchev–Trinajstić information content (AvgIpc) is 2.87. The molecular weight excluding hydrogens is 269 g/mol. The van der Waals surface area contributed by atoms with E-state index in [0.717, 1.165) is 5.56 Å². The molecule has 0 bridgehead atoms. The molecule has 0 radical (unpaired) electrons. The van der Waals surface area contributed by atoms with Gasteiger partial charge in [-0.1, -0.05) is 18.2 Å². The lowest BCUT2D eigenvalue weighted by Crippen LogP contribution is -2.53. The Bertz CT molecular complexity index is 589. The number of aromatic nitrogens is 1. The van der Waals surface area contributed by atoms with E-state index in [4.69, 9.17) is 9.07 Å². The van der Waals surface area contributed by atoms with Gasteiger partial charge in [0, 0.05) is 5.56 Å². The Hall–Kier alpha value is -1.63. The zero-order valence-corrected chi connectivity index (χ0v) is 12.7. The predicted octanol–water partition coefficient (Wildman–Crippen LogP) is 1.60. The number of oxazole rings is 1. The lowest BCUT2D eigenvalue weighted by atomic mass is 9.81. The summed E-state index contributed by atoms with van der Waals surface area (Å²) in [6, 6.07) is 9.39. The molecule has 2 N–H and O–H groups in total. The smallest absolute Gasteiger partial charge is 0.445 e. The highest BCUT2D eigenvalue weighted by atomic mass is 16.5. The lowest BCUT2D eigenvalue weighted by Gasteiger charge is -2.38. The van der Waals surface area contributed by atoms with E-state index < -0.39 is 18.3 Å². The van der Waals surface area contributed by atoms with Gasteiger partial charge in [0.2, 0.25) is 5.89 Å². The fourth-order valence-electron chi connectivity index (χ4n) is 1.60. The Balaban J connectivity index is 2.15. The van der Waals surface area contributed by atoms with Crippen molar-refractivity contribution in [3.63, 3.8) is 0 Å². The second kappa shape index (κ2) is 5.64. The Morgan fingerprint density at radius 2 is 1.76 bits per heavy atom. The van der Waals surface area contributed by atoms with Gasteiger partial charge in [0.25, 0.3) is 0 Å². The van der Waals surface area contributed by atoms with Crippen LogP contribution in [0.3, 0.4) is 0 Å². The van der Waals surface area contributed by atoms with Gasteiger partial charge in [0.05, 0.1) is 11.2 Å². The predicted molar refractivity (Wildman–Crippen MR) is 81.0 cm³/mol. The molecule has 0 aliphatic heterocycles. The average molecular weight is 289 g/mol. The molecule has 0 fully saturated rings. The third kappa shape index (κ3) is 3.53. The van der Waals surface area contributed by atoms with E-state index in [2.05, 4.69) is 4.98 Å². The molecule has 0 saturated carbocycles. The number of nitrogens with zero attached hydrogens (tertiary/aromatic N) is 1. The van der Waals surface area contributed by atoms with Gasteiger partial charge in [-0.3, -0.25) is 0 Å². The number of benzene rings is 1. The summed E-state index contributed by atoms with van der Waals surface area (Å²) in [7, 11) is -1.27. The maximum atomic E-state index is 10.1. The third-order valence-electron chi connectivity index (χ3n) is 3.68. The quantitative estimate of drug-likeness (QED) is 0.818. The molecule has 1 aromatic heterocycles. The van der Waals surface area contributed by atoms with E-state index in [1.54, 1.807) is 27.7 Å². The van der Waals surface area contributed by atoms with Crippen molar-refractivity contribution >= 4 is 12.7 Å². The molecule has 0 spiro atoms. The Morgan fingerprint density at radius 1 is 1.14 bits per heavy atom. The van der Waals surface area contributed by atoms with Crippen molar-refractivity contribution in [2.75, 3.05) is 0 Å². The summed E-state index contributed by atoms with van der Waals surface area (Å²) in [5.74, 6) is 0.411. The first-order valence-electron chi connectivity index (χ1n) is 6.80. The monoisotopic (exact) mass is 289 g/mol. The first kappa shape index (κ1) is 15.8. The van der Waals surface area contributed by atoms with Crippen LogP contribution >= 0.6 is 0 Å². The third-order valence-corrected chi connectivity index (χ3v) is 3.68. The molecule has 0 atom stereocenters. The Kier molecular flexibility index (Phi) is 4.23. The lowest BCUT2D eigenvalue weighted by molar-refractivity contribution is -0.0983. The van der Waals surface area contributed by atoms with Gasteiger partial charge in [0.1, 0.15) is 11.9 Å². The fraction of sp³-hybridized carbons (Fsp3) is 0.400. The Labute approximate surface area is 124 Å². The summed E-state index contributed by atoms with van der Waals surface area (Å²) in [5.41, 5.74) is -0.970. The van der Waals surface area contributed by atoms with Crippen LogP contribution in [0.15, 0.2) is 41.0 Å². The molecule has 0 aliphatic rings. The van der Waals surface area contributed by atoms with Crippen LogP contribution < -0.4 is 5.59 Å². The van der Waals surface area contributed by atoms with Gasteiger partial charge in [-0.05, 0) is 39.8 Å². The van der Waals surface area contributed by atoms with Gasteiger partial charge < -0.3 is 19.2 Å². The summed E-state index contributed by atoms with van der Waals surface area (Å²) in [6.07, 6.45) is 1.35. The van der Waals surface area contributed by atoms with Crippen LogP contribution in [0.25, 0.3) is 11.5 Å². The van der Waals surface area contributed by atoms with Crippen molar-refractivity contribution < 1.29 is 19.2 Å². The largest absolute Gasteiger partial charge is 0.514 e. The van der Waals surface area contributed by atoms with Crippen molar-refractivity contribution in [3.8, 4) is 11.5 Å². The van der Waals surface area contributed by atoms with E-state index in [0.29, 0.717) is 5.89 Å². The van der Waals surface area contributed by atoms with Crippen LogP contribution in [-0.4, -0.2) is 33.4 Å². The van der Waals surface area contributed by atoms with Crippen molar-refractivity contribution in [1.29, 1.82) is 0 Å². The summed E-state index contributed by atoms with van der Waals surface area (Å²) in [6.45, 7) is 6.65. The first-order chi connectivity index (χ1) is 9.71. The highest BCUT2D eigenvalue weighted by Gasteiger charge is 2.40. The number of rotatable bonds is 5. The van der Waals surface area contributed by atoms with E-state index in [-0.39, 0.29) is 5.59 Å². The molecule has 0 saturated heterocycles. The molecule has 2 rings (SSSR count). The van der Waals surface area contributed by atoms with E-state index >= 15 is 0 Å². The van der Waals surface area contributed by atoms with E-state index in [1.807, 2.05) is 30.3 Å². The molecule has 0 unspecified atom stereocenters. The van der Waals surface area contributed by atoms with Crippen LogP contribution in [0.5, 0.6) is 0 Å². The highest BCUT2D eigenvalue weighted by molar-refractivity contribution is 6.59. The van der Waals surface area contributed by atoms with Crippen LogP contribution in [0.1, 0.15) is 27.7 Å². The molecule has 2 aromatic rings. The minimum atomic E-state index is -1.27. The second-order valence-corrected chi connectivity index (χ2v) is 5.98. The maximum Gasteiger partial charge on any atom is 0.514 e. The minimum Gasteiger partial charge on any atom is -0.445 e. The fourth-order valence-corrected chi connectivity index (χ4v) is 1.60. The Morgan fingerprint density at radius 3 is 2.33 bits per heavy atom. The zero-order chi connectivity index (χ0) is 15.7. The molecule has 6 heteroatoms. The van der Waals surface area contributed by atoms with Crippen molar-refractivity contribution in [1.82, 2.24) is 4.98 Å². The highest BCUT2D eigenvalue weighted by Crippen LogP contribution is 2.25. The zero-order valence-electron chi connectivity index (χ0n) is 12.7. The topological polar surface area (TPSA) is 75.7 Å². The molecule has 5 nitrogen and oxygen atoms in total. The second-order valence-electron chi connectivity index (χ2n) is 5.98. The van der Waals surface area contributed by atoms with Crippen LogP contribution in [-0.2, 0) is 4.65 Å². The van der Waals surface area contributed by atoms with E-state index in [1.165, 1.54) is 6.26 Å². The summed E-state index contributed by atoms with van der Waals surface area (Å²) < 4.78 is 10.9. The van der Waals surface area contributed by atoms with Crippen LogP contribution in [0.4, 0.5) is 0 Å². The molecule has 1 aromatic carbocycles. The van der Waals surface area contributed by atoms with Crippen molar-refractivity contribution in [2.24, 2.45) is 0 Å². The molecular formula is C15H20BNO4. The maximum absolute atomic E-state index is 10.1. The molecule has 0 amide bonds. The number of hydrogen-bond donors (Lipinski definition) is 2. The molecule has 112 valence electrons. The minimum absolute atomic E-state index is 0.270. The SMILES string of the molecule is CC(C)(O)C(C)(C)OB(O)c1coc(-c2ccccc2)n1. The van der Waals surface area contributed by atoms with Crippen LogP contribution in [0, 0.1) is 0 Å². The summed E-state index contributed by atoms with van der Waals surface area (Å²) in [4.78, 5) is 4.22. The van der Waals surface area contributed by atoms with Gasteiger partial charge in [-0.2, -0.15) is 0 Å². The standard InChI is InChI=1S/C15H20BNO4/c1-14(2,18)15(3,4)21-16(19)12-10-20-13(17-12)11-8-6-5-7-9-11/h5-10,18-19H,1-4H3. The van der Waals surface area contributed by atoms with Crippen molar-refractivity contribution in [3.05, 3.63) is 36.6 Å². The molecule has 0 aliphatic carbocycles. The van der Waals surface area contributed by atoms with E-state index in [9.17, 15) is 10.1 Å². The summed E-state index contributed by atoms with van der Waals surface area (Å²) >= 11 is 0. The molecule has 21 heavy (non-hydrogen) atoms.